The molecule has 0 unspecified atom stereocenters. The van der Waals surface area contributed by atoms with Gasteiger partial charge in [0, 0.05) is 24.0 Å². The van der Waals surface area contributed by atoms with Crippen LogP contribution in [0.5, 0.6) is 0 Å². The van der Waals surface area contributed by atoms with E-state index in [4.69, 9.17) is 17.3 Å². The van der Waals surface area contributed by atoms with Crippen molar-refractivity contribution in [1.82, 2.24) is 9.71 Å². The van der Waals surface area contributed by atoms with Crippen molar-refractivity contribution < 1.29 is 8.42 Å². The normalized spacial score (nSPS) is 11.4. The van der Waals surface area contributed by atoms with Gasteiger partial charge in [-0.25, -0.2) is 13.1 Å². The van der Waals surface area contributed by atoms with Crippen LogP contribution >= 0.6 is 11.6 Å². The van der Waals surface area contributed by atoms with Gasteiger partial charge in [-0.2, -0.15) is 0 Å². The van der Waals surface area contributed by atoms with E-state index in [1.165, 1.54) is 12.1 Å². The van der Waals surface area contributed by atoms with Crippen LogP contribution in [0.1, 0.15) is 5.56 Å². The number of anilines is 1. The molecule has 0 radical (unpaired) electrons. The molecule has 7 heteroatoms. The quantitative estimate of drug-likeness (QED) is 0.825. The Hall–Kier alpha value is -1.63. The van der Waals surface area contributed by atoms with Gasteiger partial charge in [-0.1, -0.05) is 17.7 Å². The second kappa shape index (κ2) is 6.21. The molecule has 2 rings (SSSR count). The second-order valence-corrected chi connectivity index (χ2v) is 6.36. The van der Waals surface area contributed by atoms with E-state index in [9.17, 15) is 8.42 Å². The molecule has 0 spiro atoms. The van der Waals surface area contributed by atoms with Gasteiger partial charge in [-0.3, -0.25) is 4.98 Å². The molecule has 0 aliphatic carbocycles. The third kappa shape index (κ3) is 3.69. The molecule has 0 atom stereocenters. The van der Waals surface area contributed by atoms with E-state index in [2.05, 4.69) is 9.71 Å². The van der Waals surface area contributed by atoms with Crippen LogP contribution in [-0.4, -0.2) is 19.9 Å². The highest BCUT2D eigenvalue weighted by Crippen LogP contribution is 2.22. The fraction of sp³-hybridized carbons (Fsp3) is 0.154. The minimum absolute atomic E-state index is 0.00353. The number of nitrogens with one attached hydrogen (secondary N) is 1. The minimum Gasteiger partial charge on any atom is -0.398 e. The van der Waals surface area contributed by atoms with E-state index in [0.717, 1.165) is 5.56 Å². The van der Waals surface area contributed by atoms with Crippen molar-refractivity contribution in [1.29, 1.82) is 0 Å². The highest BCUT2D eigenvalue weighted by Gasteiger charge is 2.17. The molecular weight excluding hydrogens is 298 g/mol. The summed E-state index contributed by atoms with van der Waals surface area (Å²) >= 11 is 5.80. The molecule has 1 aromatic heterocycles. The summed E-state index contributed by atoms with van der Waals surface area (Å²) in [5, 5.41) is 0.326. The van der Waals surface area contributed by atoms with Gasteiger partial charge in [0.1, 0.15) is 4.90 Å². The van der Waals surface area contributed by atoms with E-state index in [1.54, 1.807) is 24.5 Å². The molecule has 1 aromatic carbocycles. The predicted molar refractivity (Wildman–Crippen MR) is 79.0 cm³/mol. The molecule has 0 aliphatic rings. The van der Waals surface area contributed by atoms with E-state index in [0.29, 0.717) is 11.4 Å². The number of benzene rings is 1. The summed E-state index contributed by atoms with van der Waals surface area (Å²) in [7, 11) is -3.66. The van der Waals surface area contributed by atoms with Crippen molar-refractivity contribution >= 4 is 27.3 Å². The van der Waals surface area contributed by atoms with Gasteiger partial charge in [0.25, 0.3) is 0 Å². The molecular formula is C13H14ClN3O2S. The third-order valence-corrected chi connectivity index (χ3v) is 4.45. The number of halogens is 1. The maximum Gasteiger partial charge on any atom is 0.242 e. The number of aromatic nitrogens is 1. The molecule has 0 bridgehead atoms. The number of pyridine rings is 1. The summed E-state index contributed by atoms with van der Waals surface area (Å²) in [5.41, 5.74) is 6.79. The lowest BCUT2D eigenvalue weighted by Crippen LogP contribution is -2.26. The smallest absolute Gasteiger partial charge is 0.242 e. The van der Waals surface area contributed by atoms with Crippen molar-refractivity contribution in [2.45, 2.75) is 11.3 Å². The predicted octanol–water partition coefficient (Wildman–Crippen LogP) is 1.84. The summed E-state index contributed by atoms with van der Waals surface area (Å²) in [6.07, 6.45) is 3.91. The van der Waals surface area contributed by atoms with Gasteiger partial charge >= 0.3 is 0 Å². The molecule has 0 amide bonds. The second-order valence-electron chi connectivity index (χ2n) is 4.19. The highest BCUT2D eigenvalue weighted by molar-refractivity contribution is 7.89. The first-order valence-corrected chi connectivity index (χ1v) is 7.79. The van der Waals surface area contributed by atoms with Crippen LogP contribution in [0.3, 0.4) is 0 Å². The first-order valence-electron chi connectivity index (χ1n) is 5.92. The number of nitrogens with two attached hydrogens (primary N) is 1. The molecule has 0 saturated heterocycles. The number of nitrogen functional groups attached to an aromatic ring is 1. The zero-order chi connectivity index (χ0) is 14.6. The van der Waals surface area contributed by atoms with Crippen LogP contribution in [-0.2, 0) is 16.4 Å². The summed E-state index contributed by atoms with van der Waals surface area (Å²) in [6, 6.07) is 8.04. The van der Waals surface area contributed by atoms with Gasteiger partial charge in [0.2, 0.25) is 10.0 Å². The number of sulfonamides is 1. The van der Waals surface area contributed by atoms with Gasteiger partial charge in [-0.15, -0.1) is 0 Å². The topological polar surface area (TPSA) is 85.1 Å². The summed E-state index contributed by atoms with van der Waals surface area (Å²) in [4.78, 5) is 3.97. The lowest BCUT2D eigenvalue weighted by Gasteiger charge is -2.09. The van der Waals surface area contributed by atoms with Crippen molar-refractivity contribution in [3.63, 3.8) is 0 Å². The average molecular weight is 312 g/mol. The van der Waals surface area contributed by atoms with Crippen LogP contribution in [0.15, 0.2) is 47.6 Å². The summed E-state index contributed by atoms with van der Waals surface area (Å²) in [6.45, 7) is 0.264. The molecule has 2 aromatic rings. The first kappa shape index (κ1) is 14.8. The average Bonchev–Trinajstić information content (AvgIpc) is 2.42. The maximum atomic E-state index is 12.1. The monoisotopic (exact) mass is 311 g/mol. The number of rotatable bonds is 5. The number of hydrogen-bond donors (Lipinski definition) is 2. The van der Waals surface area contributed by atoms with Gasteiger partial charge in [0.15, 0.2) is 0 Å². The van der Waals surface area contributed by atoms with Crippen LogP contribution < -0.4 is 10.5 Å². The number of nitrogens with zero attached hydrogens (tertiary/aromatic N) is 1. The summed E-state index contributed by atoms with van der Waals surface area (Å²) < 4.78 is 26.8. The summed E-state index contributed by atoms with van der Waals surface area (Å²) in [5.74, 6) is 0. The van der Waals surface area contributed by atoms with E-state index in [1.807, 2.05) is 6.07 Å². The Morgan fingerprint density at radius 3 is 2.80 bits per heavy atom. The highest BCUT2D eigenvalue weighted by atomic mass is 35.5. The van der Waals surface area contributed by atoms with Crippen LogP contribution in [0.2, 0.25) is 5.02 Å². The molecule has 0 aliphatic heterocycles. The molecule has 106 valence electrons. The zero-order valence-electron chi connectivity index (χ0n) is 10.6. The largest absolute Gasteiger partial charge is 0.398 e. The first-order chi connectivity index (χ1) is 9.49. The molecule has 5 nitrogen and oxygen atoms in total. The Balaban J connectivity index is 2.06. The number of hydrogen-bond acceptors (Lipinski definition) is 4. The maximum absolute atomic E-state index is 12.1. The third-order valence-electron chi connectivity index (χ3n) is 2.69. The minimum atomic E-state index is -3.66. The fourth-order valence-corrected chi connectivity index (χ4v) is 3.12. The van der Waals surface area contributed by atoms with E-state index >= 15 is 0 Å². The van der Waals surface area contributed by atoms with Gasteiger partial charge < -0.3 is 5.73 Å². The standard InChI is InChI=1S/C13H14ClN3O2S/c14-11-3-4-12(15)13(8-11)20(18,19)17-7-5-10-2-1-6-16-9-10/h1-4,6,8-9,17H,5,7,15H2. The van der Waals surface area contributed by atoms with Crippen LogP contribution in [0.4, 0.5) is 5.69 Å². The van der Waals surface area contributed by atoms with Gasteiger partial charge in [-0.05, 0) is 36.2 Å². The van der Waals surface area contributed by atoms with Crippen molar-refractivity contribution in [3.05, 3.63) is 53.3 Å². The van der Waals surface area contributed by atoms with Gasteiger partial charge in [0.05, 0.1) is 5.69 Å². The van der Waals surface area contributed by atoms with Crippen molar-refractivity contribution in [2.75, 3.05) is 12.3 Å². The van der Waals surface area contributed by atoms with Crippen LogP contribution in [0.25, 0.3) is 0 Å². The van der Waals surface area contributed by atoms with Crippen molar-refractivity contribution in [3.8, 4) is 0 Å². The Labute approximate surface area is 122 Å². The molecule has 0 saturated carbocycles. The van der Waals surface area contributed by atoms with E-state index < -0.39 is 10.0 Å². The van der Waals surface area contributed by atoms with E-state index in [-0.39, 0.29) is 17.1 Å². The lowest BCUT2D eigenvalue weighted by molar-refractivity contribution is 0.582. The Kier molecular flexibility index (Phi) is 4.59. The Morgan fingerprint density at radius 2 is 2.10 bits per heavy atom. The molecule has 20 heavy (non-hydrogen) atoms. The molecule has 0 fully saturated rings. The molecule has 3 N–H and O–H groups in total. The van der Waals surface area contributed by atoms with Crippen molar-refractivity contribution in [2.24, 2.45) is 0 Å². The Bertz CT molecular complexity index is 690. The fourth-order valence-electron chi connectivity index (χ4n) is 1.69. The lowest BCUT2D eigenvalue weighted by atomic mass is 10.2. The van der Waals surface area contributed by atoms with Crippen LogP contribution in [0, 0.1) is 0 Å². The Morgan fingerprint density at radius 1 is 1.30 bits per heavy atom. The molecule has 1 heterocycles. The zero-order valence-corrected chi connectivity index (χ0v) is 12.2. The SMILES string of the molecule is Nc1ccc(Cl)cc1S(=O)(=O)NCCc1cccnc1.